The average molecular weight is 452 g/mol. The van der Waals surface area contributed by atoms with Crippen LogP contribution in [0, 0.1) is 18.6 Å². The lowest BCUT2D eigenvalue weighted by Gasteiger charge is -2.35. The van der Waals surface area contributed by atoms with Crippen molar-refractivity contribution >= 4 is 34.1 Å². The molecule has 4 rings (SSSR count). The molecule has 156 valence electrons. The molecule has 0 saturated heterocycles. The molecule has 0 saturated carbocycles. The molecular formula is C20H17Cl2F2N5O. The van der Waals surface area contributed by atoms with Crippen LogP contribution in [0.2, 0.25) is 10.0 Å². The molecule has 2 heterocycles. The molecule has 0 aliphatic rings. The van der Waals surface area contributed by atoms with Gasteiger partial charge in [0.05, 0.1) is 28.8 Å². The zero-order valence-corrected chi connectivity index (χ0v) is 17.5. The number of aromatic nitrogens is 5. The Morgan fingerprint density at radius 1 is 1.20 bits per heavy atom. The maximum Gasteiger partial charge on any atom is 0.137 e. The van der Waals surface area contributed by atoms with E-state index in [1.54, 1.807) is 26.0 Å². The summed E-state index contributed by atoms with van der Waals surface area (Å²) in [6, 6.07) is 5.52. The zero-order valence-electron chi connectivity index (χ0n) is 16.0. The highest BCUT2D eigenvalue weighted by Gasteiger charge is 2.41. The Kier molecular flexibility index (Phi) is 5.25. The Labute approximate surface area is 180 Å². The molecule has 10 heteroatoms. The number of halogens is 4. The smallest absolute Gasteiger partial charge is 0.137 e. The van der Waals surface area contributed by atoms with E-state index in [-0.39, 0.29) is 12.1 Å². The van der Waals surface area contributed by atoms with Crippen LogP contribution in [-0.2, 0) is 12.1 Å². The first kappa shape index (κ1) is 20.7. The van der Waals surface area contributed by atoms with Gasteiger partial charge in [-0.15, -0.1) is 0 Å². The minimum absolute atomic E-state index is 0.0988. The molecule has 0 aliphatic carbocycles. The Balaban J connectivity index is 1.93. The van der Waals surface area contributed by atoms with E-state index in [0.717, 1.165) is 12.1 Å². The molecule has 2 atom stereocenters. The Morgan fingerprint density at radius 3 is 2.63 bits per heavy atom. The first-order valence-corrected chi connectivity index (χ1v) is 9.80. The van der Waals surface area contributed by atoms with Crippen molar-refractivity contribution in [2.24, 2.45) is 0 Å². The largest absolute Gasteiger partial charge is 0.381 e. The second-order valence-electron chi connectivity index (χ2n) is 7.13. The minimum Gasteiger partial charge on any atom is -0.381 e. The van der Waals surface area contributed by atoms with E-state index in [9.17, 15) is 13.9 Å². The van der Waals surface area contributed by atoms with Crippen LogP contribution in [-0.4, -0.2) is 29.7 Å². The topological polar surface area (TPSA) is 68.8 Å². The second kappa shape index (κ2) is 7.61. The summed E-state index contributed by atoms with van der Waals surface area (Å²) in [5, 5.41) is 21.8. The molecule has 0 amide bonds. The summed E-state index contributed by atoms with van der Waals surface area (Å²) in [7, 11) is 0. The summed E-state index contributed by atoms with van der Waals surface area (Å²) < 4.78 is 31.2. The highest BCUT2D eigenvalue weighted by atomic mass is 35.5. The van der Waals surface area contributed by atoms with E-state index < -0.39 is 23.3 Å². The first-order valence-electron chi connectivity index (χ1n) is 9.05. The highest BCUT2D eigenvalue weighted by Crippen LogP contribution is 2.40. The van der Waals surface area contributed by atoms with Crippen LogP contribution in [0.4, 0.5) is 8.78 Å². The van der Waals surface area contributed by atoms with Crippen molar-refractivity contribution in [3.63, 3.8) is 0 Å². The van der Waals surface area contributed by atoms with Crippen molar-refractivity contribution < 1.29 is 13.9 Å². The average Bonchev–Trinajstić information content (AvgIpc) is 3.29. The summed E-state index contributed by atoms with van der Waals surface area (Å²) in [5.41, 5.74) is -0.771. The van der Waals surface area contributed by atoms with E-state index in [1.165, 1.54) is 28.1 Å². The fraction of sp³-hybridized carbons (Fsp3) is 0.250. The number of hydrogen-bond acceptors (Lipinski definition) is 4. The third kappa shape index (κ3) is 3.45. The van der Waals surface area contributed by atoms with Crippen molar-refractivity contribution in [3.8, 4) is 0 Å². The highest BCUT2D eigenvalue weighted by molar-refractivity contribution is 6.38. The Hall–Kier alpha value is -2.55. The number of nitrogens with zero attached hydrogens (tertiary/aromatic N) is 5. The SMILES string of the molecule is Cc1nn([C@H](C)[C@](O)(Cn2cncn2)c2ccc(F)cc2F)c2c(Cl)cc(Cl)cc12. The van der Waals surface area contributed by atoms with Crippen molar-refractivity contribution in [3.05, 3.63) is 75.9 Å². The van der Waals surface area contributed by atoms with Crippen LogP contribution in [0.3, 0.4) is 0 Å². The van der Waals surface area contributed by atoms with Crippen LogP contribution in [0.5, 0.6) is 0 Å². The molecule has 30 heavy (non-hydrogen) atoms. The van der Waals surface area contributed by atoms with E-state index in [2.05, 4.69) is 15.2 Å². The number of fused-ring (bicyclic) bond motifs is 1. The lowest BCUT2D eigenvalue weighted by molar-refractivity contribution is -0.0355. The van der Waals surface area contributed by atoms with Gasteiger partial charge in [0.2, 0.25) is 0 Å². The molecule has 6 nitrogen and oxygen atoms in total. The molecule has 0 fully saturated rings. The summed E-state index contributed by atoms with van der Waals surface area (Å²) in [6.07, 6.45) is 2.71. The van der Waals surface area contributed by atoms with Crippen molar-refractivity contribution in [1.82, 2.24) is 24.5 Å². The van der Waals surface area contributed by atoms with Gasteiger partial charge >= 0.3 is 0 Å². The Bertz CT molecular complexity index is 1230. The number of aryl methyl sites for hydroxylation is 1. The molecule has 0 unspecified atom stereocenters. The van der Waals surface area contributed by atoms with Crippen molar-refractivity contribution in [2.45, 2.75) is 32.0 Å². The van der Waals surface area contributed by atoms with Gasteiger partial charge in [0.15, 0.2) is 0 Å². The molecule has 1 N–H and O–H groups in total. The Morgan fingerprint density at radius 2 is 1.97 bits per heavy atom. The predicted molar refractivity (Wildman–Crippen MR) is 109 cm³/mol. The van der Waals surface area contributed by atoms with E-state index in [0.29, 0.717) is 26.6 Å². The van der Waals surface area contributed by atoms with Gasteiger partial charge in [0.25, 0.3) is 0 Å². The summed E-state index contributed by atoms with van der Waals surface area (Å²) in [4.78, 5) is 3.88. The summed E-state index contributed by atoms with van der Waals surface area (Å²) in [6.45, 7) is 3.31. The normalized spacial score (nSPS) is 14.8. The summed E-state index contributed by atoms with van der Waals surface area (Å²) in [5.74, 6) is -1.63. The maximum absolute atomic E-state index is 14.8. The molecule has 0 aliphatic heterocycles. The molecule has 0 bridgehead atoms. The lowest BCUT2D eigenvalue weighted by atomic mass is 9.86. The van der Waals surface area contributed by atoms with Crippen LogP contribution < -0.4 is 0 Å². The number of aliphatic hydroxyl groups is 1. The van der Waals surface area contributed by atoms with Gasteiger partial charge in [-0.05, 0) is 32.0 Å². The van der Waals surface area contributed by atoms with Gasteiger partial charge in [0.1, 0.15) is 29.9 Å². The van der Waals surface area contributed by atoms with E-state index in [1.807, 2.05) is 0 Å². The number of rotatable bonds is 5. The summed E-state index contributed by atoms with van der Waals surface area (Å²) >= 11 is 12.6. The fourth-order valence-corrected chi connectivity index (χ4v) is 4.25. The van der Waals surface area contributed by atoms with Crippen molar-refractivity contribution in [1.29, 1.82) is 0 Å². The van der Waals surface area contributed by atoms with Gasteiger partial charge in [-0.3, -0.25) is 4.68 Å². The standard InChI is InChI=1S/C20H17Cl2F2N5O/c1-11-15-5-13(21)6-17(22)19(15)29(27-11)12(2)20(30,8-28-10-25-9-26-28)16-4-3-14(23)7-18(16)24/h3-7,9-10,12,30H,8H2,1-2H3/t12-,20-/m1/s1. The quantitative estimate of drug-likeness (QED) is 0.478. The lowest BCUT2D eigenvalue weighted by Crippen LogP contribution is -2.41. The molecular weight excluding hydrogens is 435 g/mol. The maximum atomic E-state index is 14.8. The third-order valence-electron chi connectivity index (χ3n) is 5.23. The van der Waals surface area contributed by atoms with Crippen LogP contribution >= 0.6 is 23.2 Å². The van der Waals surface area contributed by atoms with Gasteiger partial charge in [-0.25, -0.2) is 18.4 Å². The monoisotopic (exact) mass is 451 g/mol. The van der Waals surface area contributed by atoms with Gasteiger partial charge in [-0.1, -0.05) is 29.3 Å². The van der Waals surface area contributed by atoms with Gasteiger partial charge < -0.3 is 5.11 Å². The predicted octanol–water partition coefficient (Wildman–Crippen LogP) is 4.67. The minimum atomic E-state index is -1.86. The third-order valence-corrected chi connectivity index (χ3v) is 5.74. The number of benzene rings is 2. The molecule has 0 spiro atoms. The first-order chi connectivity index (χ1) is 14.2. The van der Waals surface area contributed by atoms with Gasteiger partial charge in [-0.2, -0.15) is 10.2 Å². The molecule has 4 aromatic rings. The molecule has 2 aromatic heterocycles. The zero-order chi connectivity index (χ0) is 21.6. The molecule has 0 radical (unpaired) electrons. The second-order valence-corrected chi connectivity index (χ2v) is 7.97. The van der Waals surface area contributed by atoms with Crippen molar-refractivity contribution in [2.75, 3.05) is 0 Å². The van der Waals surface area contributed by atoms with E-state index >= 15 is 0 Å². The fourth-order valence-electron chi connectivity index (χ4n) is 3.67. The van der Waals surface area contributed by atoms with Crippen LogP contribution in [0.25, 0.3) is 10.9 Å². The van der Waals surface area contributed by atoms with Crippen LogP contribution in [0.1, 0.15) is 24.2 Å². The van der Waals surface area contributed by atoms with Gasteiger partial charge in [0, 0.05) is 22.0 Å². The van der Waals surface area contributed by atoms with Crippen LogP contribution in [0.15, 0.2) is 43.0 Å². The molecule has 2 aromatic carbocycles. The number of hydrogen-bond donors (Lipinski definition) is 1. The van der Waals surface area contributed by atoms with E-state index in [4.69, 9.17) is 23.2 Å².